The average Bonchev–Trinajstić information content (AvgIpc) is 3.67. The molecule has 0 fully saturated rings. The molecule has 0 unspecified atom stereocenters. The summed E-state index contributed by atoms with van der Waals surface area (Å²) >= 11 is 0. The second-order valence-corrected chi connectivity index (χ2v) is 15.7. The van der Waals surface area contributed by atoms with Gasteiger partial charge in [-0.1, -0.05) is 184 Å². The van der Waals surface area contributed by atoms with Gasteiger partial charge in [-0.25, -0.2) is 0 Å². The lowest BCUT2D eigenvalue weighted by molar-refractivity contribution is 0.660. The molecule has 9 aromatic rings. The van der Waals surface area contributed by atoms with E-state index < -0.39 is 5.41 Å². The van der Waals surface area contributed by atoms with Crippen molar-refractivity contribution in [2.24, 2.45) is 0 Å². The molecule has 1 nitrogen and oxygen atoms in total. The molecule has 0 heterocycles. The molecule has 9 aromatic carbocycles. The minimum absolute atomic E-state index is 0.131. The highest BCUT2D eigenvalue weighted by molar-refractivity contribution is 6.15. The van der Waals surface area contributed by atoms with Crippen molar-refractivity contribution in [2.45, 2.75) is 24.7 Å². The van der Waals surface area contributed by atoms with Crippen LogP contribution in [0.25, 0.3) is 43.8 Å². The fraction of sp³-hybridized carbons (Fsp3) is 0.0741. The Balaban J connectivity index is 1.23. The van der Waals surface area contributed by atoms with E-state index in [1.807, 2.05) is 0 Å². The third kappa shape index (κ3) is 4.47. The molecule has 0 bridgehead atoms. The molecular formula is C54H39N. The van der Waals surface area contributed by atoms with E-state index in [2.05, 4.69) is 219 Å². The molecule has 2 aliphatic rings. The zero-order chi connectivity index (χ0) is 36.7. The van der Waals surface area contributed by atoms with Crippen LogP contribution in [0.4, 0.5) is 17.1 Å². The average molecular weight is 702 g/mol. The van der Waals surface area contributed by atoms with E-state index in [1.165, 1.54) is 82.9 Å². The number of nitrogens with zero attached hydrogens (tertiary/aromatic N) is 1. The molecule has 0 radical (unpaired) electrons. The summed E-state index contributed by atoms with van der Waals surface area (Å²) in [4.78, 5) is 2.53. The van der Waals surface area contributed by atoms with Gasteiger partial charge in [0.2, 0.25) is 0 Å². The third-order valence-electron chi connectivity index (χ3n) is 12.5. The van der Waals surface area contributed by atoms with Crippen molar-refractivity contribution in [1.82, 2.24) is 0 Å². The first-order valence-corrected chi connectivity index (χ1v) is 19.4. The van der Waals surface area contributed by atoms with E-state index in [4.69, 9.17) is 0 Å². The van der Waals surface area contributed by atoms with Crippen LogP contribution in [0.15, 0.2) is 200 Å². The van der Waals surface area contributed by atoms with Crippen molar-refractivity contribution in [3.63, 3.8) is 0 Å². The number of fused-ring (bicyclic) bond motifs is 9. The van der Waals surface area contributed by atoms with Gasteiger partial charge in [-0.3, -0.25) is 0 Å². The second kappa shape index (κ2) is 11.9. The summed E-state index contributed by atoms with van der Waals surface area (Å²) in [5.74, 6) is 0. The standard InChI is InChI=1S/C54H39N/c1-53(2)47-25-13-11-23-43(47)45-32-30-40(34-49(45)53)55(51-27-15-17-37-29-28-36-16-9-10-22-42(36)52(37)51)41-31-33-46-44-24-12-14-26-48(44)54(50(46)35-41,38-18-5-3-6-19-38)39-20-7-4-8-21-39/h3-35H,1-2H3. The first-order valence-electron chi connectivity index (χ1n) is 19.4. The van der Waals surface area contributed by atoms with Crippen molar-refractivity contribution in [3.05, 3.63) is 234 Å². The van der Waals surface area contributed by atoms with E-state index in [0.717, 1.165) is 11.4 Å². The summed E-state index contributed by atoms with van der Waals surface area (Å²) in [7, 11) is 0. The van der Waals surface area contributed by atoms with Crippen molar-refractivity contribution < 1.29 is 0 Å². The Kier molecular flexibility index (Phi) is 6.88. The maximum atomic E-state index is 2.53. The summed E-state index contributed by atoms with van der Waals surface area (Å²) in [6.07, 6.45) is 0. The zero-order valence-electron chi connectivity index (χ0n) is 31.0. The van der Waals surface area contributed by atoms with Crippen LogP contribution in [0.2, 0.25) is 0 Å². The lowest BCUT2D eigenvalue weighted by Gasteiger charge is -2.35. The van der Waals surface area contributed by atoms with Crippen LogP contribution in [-0.2, 0) is 10.8 Å². The number of rotatable bonds is 5. The van der Waals surface area contributed by atoms with Crippen LogP contribution in [0.1, 0.15) is 47.2 Å². The quantitative estimate of drug-likeness (QED) is 0.162. The van der Waals surface area contributed by atoms with Gasteiger partial charge in [-0.15, -0.1) is 0 Å². The molecule has 0 aromatic heterocycles. The molecule has 0 saturated heterocycles. The van der Waals surface area contributed by atoms with Gasteiger partial charge in [0.25, 0.3) is 0 Å². The second-order valence-electron chi connectivity index (χ2n) is 15.7. The van der Waals surface area contributed by atoms with Gasteiger partial charge in [-0.05, 0) is 102 Å². The SMILES string of the molecule is CC1(C)c2ccccc2-c2ccc(N(c3ccc4c(c3)C(c3ccccc3)(c3ccccc3)c3ccccc3-4)c3cccc4ccc5ccccc5c34)cc21. The molecule has 0 spiro atoms. The van der Waals surface area contributed by atoms with Crippen LogP contribution in [0, 0.1) is 0 Å². The van der Waals surface area contributed by atoms with Crippen LogP contribution < -0.4 is 4.90 Å². The van der Waals surface area contributed by atoms with Gasteiger partial charge in [0, 0.05) is 22.2 Å². The Bertz CT molecular complexity index is 2920. The Hall–Kier alpha value is -6.70. The predicted octanol–water partition coefficient (Wildman–Crippen LogP) is 14.1. The fourth-order valence-corrected chi connectivity index (χ4v) is 10.1. The van der Waals surface area contributed by atoms with Gasteiger partial charge < -0.3 is 4.90 Å². The van der Waals surface area contributed by atoms with Gasteiger partial charge >= 0.3 is 0 Å². The lowest BCUT2D eigenvalue weighted by Crippen LogP contribution is -2.28. The first-order chi connectivity index (χ1) is 27.0. The number of hydrogen-bond donors (Lipinski definition) is 0. The molecule has 0 atom stereocenters. The number of benzene rings is 9. The molecule has 0 aliphatic heterocycles. The molecular weight excluding hydrogens is 663 g/mol. The third-order valence-corrected chi connectivity index (χ3v) is 12.5. The summed E-state index contributed by atoms with van der Waals surface area (Å²) in [6, 6.07) is 74.6. The van der Waals surface area contributed by atoms with E-state index in [1.54, 1.807) is 0 Å². The molecule has 0 N–H and O–H groups in total. The number of anilines is 3. The van der Waals surface area contributed by atoms with Crippen LogP contribution in [-0.4, -0.2) is 0 Å². The molecule has 55 heavy (non-hydrogen) atoms. The number of hydrogen-bond acceptors (Lipinski definition) is 1. The zero-order valence-corrected chi connectivity index (χ0v) is 31.0. The Labute approximate surface area is 322 Å². The fourth-order valence-electron chi connectivity index (χ4n) is 10.1. The Morgan fingerprint density at radius 3 is 1.58 bits per heavy atom. The smallest absolute Gasteiger partial charge is 0.0714 e. The topological polar surface area (TPSA) is 3.24 Å². The highest BCUT2D eigenvalue weighted by Crippen LogP contribution is 2.58. The van der Waals surface area contributed by atoms with Crippen LogP contribution >= 0.6 is 0 Å². The van der Waals surface area contributed by atoms with Crippen molar-refractivity contribution in [3.8, 4) is 22.3 Å². The molecule has 11 rings (SSSR count). The Morgan fingerprint density at radius 2 is 0.873 bits per heavy atom. The summed E-state index contributed by atoms with van der Waals surface area (Å²) in [5, 5.41) is 4.98. The molecule has 260 valence electrons. The monoisotopic (exact) mass is 701 g/mol. The van der Waals surface area contributed by atoms with E-state index in [0.29, 0.717) is 0 Å². The molecule has 0 saturated carbocycles. The van der Waals surface area contributed by atoms with Crippen molar-refractivity contribution >= 4 is 38.6 Å². The van der Waals surface area contributed by atoms with Crippen molar-refractivity contribution in [2.75, 3.05) is 4.90 Å². The minimum atomic E-state index is -0.497. The van der Waals surface area contributed by atoms with E-state index >= 15 is 0 Å². The summed E-state index contributed by atoms with van der Waals surface area (Å²) < 4.78 is 0. The lowest BCUT2D eigenvalue weighted by atomic mass is 9.67. The molecule has 2 aliphatic carbocycles. The van der Waals surface area contributed by atoms with Crippen LogP contribution in [0.5, 0.6) is 0 Å². The van der Waals surface area contributed by atoms with Gasteiger partial charge in [0.15, 0.2) is 0 Å². The summed E-state index contributed by atoms with van der Waals surface area (Å²) in [6.45, 7) is 4.75. The van der Waals surface area contributed by atoms with E-state index in [9.17, 15) is 0 Å². The largest absolute Gasteiger partial charge is 0.310 e. The van der Waals surface area contributed by atoms with Gasteiger partial charge in [-0.2, -0.15) is 0 Å². The van der Waals surface area contributed by atoms with Crippen LogP contribution in [0.3, 0.4) is 0 Å². The Morgan fingerprint density at radius 1 is 0.364 bits per heavy atom. The maximum Gasteiger partial charge on any atom is 0.0714 e. The molecule has 0 amide bonds. The van der Waals surface area contributed by atoms with E-state index in [-0.39, 0.29) is 5.41 Å². The van der Waals surface area contributed by atoms with Gasteiger partial charge in [0.05, 0.1) is 11.1 Å². The highest BCUT2D eigenvalue weighted by Gasteiger charge is 2.46. The minimum Gasteiger partial charge on any atom is -0.310 e. The summed E-state index contributed by atoms with van der Waals surface area (Å²) in [5.41, 5.74) is 16.0. The predicted molar refractivity (Wildman–Crippen MR) is 231 cm³/mol. The van der Waals surface area contributed by atoms with Gasteiger partial charge in [0.1, 0.15) is 0 Å². The highest BCUT2D eigenvalue weighted by atomic mass is 15.1. The first kappa shape index (κ1) is 31.8. The molecule has 1 heteroatoms. The normalized spacial score (nSPS) is 14.3. The van der Waals surface area contributed by atoms with Crippen molar-refractivity contribution in [1.29, 1.82) is 0 Å². The maximum absolute atomic E-state index is 2.53.